The van der Waals surface area contributed by atoms with E-state index in [1.54, 1.807) is 9.80 Å². The third kappa shape index (κ3) is 3.65. The maximum Gasteiger partial charge on any atom is 0.320 e. The summed E-state index contributed by atoms with van der Waals surface area (Å²) in [4.78, 5) is 37.9. The lowest BCUT2D eigenvalue weighted by Crippen LogP contribution is -2.50. The van der Waals surface area contributed by atoms with Crippen molar-refractivity contribution in [3.05, 3.63) is 0 Å². The van der Waals surface area contributed by atoms with Crippen LogP contribution in [0.25, 0.3) is 0 Å². The molecule has 2 aliphatic rings. The lowest BCUT2D eigenvalue weighted by atomic mass is 9.99. The topological polar surface area (TPSA) is 90.0 Å². The molecule has 0 unspecified atom stereocenters. The number of nitrogens with zero attached hydrogens (tertiary/aromatic N) is 2. The van der Waals surface area contributed by atoms with Gasteiger partial charge in [-0.3, -0.25) is 9.59 Å². The number of hydrogen-bond donors (Lipinski definition) is 2. The predicted molar refractivity (Wildman–Crippen MR) is 75.7 cm³/mol. The number of rotatable bonds is 2. The summed E-state index contributed by atoms with van der Waals surface area (Å²) < 4.78 is 0. The van der Waals surface area contributed by atoms with Gasteiger partial charge in [-0.15, -0.1) is 0 Å². The van der Waals surface area contributed by atoms with Gasteiger partial charge in [-0.1, -0.05) is 6.92 Å². The molecule has 0 aromatic carbocycles. The maximum absolute atomic E-state index is 12.4. The molecule has 0 bridgehead atoms. The molecule has 0 aromatic heterocycles. The van der Waals surface area contributed by atoms with Crippen molar-refractivity contribution < 1.29 is 19.5 Å². The Bertz CT molecular complexity index is 432. The number of hydrogen-bond acceptors (Lipinski definition) is 3. The largest absolute Gasteiger partial charge is 0.481 e. The fraction of sp³-hybridized carbons (Fsp3) is 0.786. The van der Waals surface area contributed by atoms with E-state index in [9.17, 15) is 14.4 Å². The van der Waals surface area contributed by atoms with Crippen molar-refractivity contribution in [3.8, 4) is 0 Å². The third-order valence-electron chi connectivity index (χ3n) is 4.37. The smallest absolute Gasteiger partial charge is 0.320 e. The molecule has 7 heteroatoms. The van der Waals surface area contributed by atoms with Crippen molar-refractivity contribution >= 4 is 17.9 Å². The van der Waals surface area contributed by atoms with E-state index >= 15 is 0 Å². The monoisotopic (exact) mass is 297 g/mol. The lowest BCUT2D eigenvalue weighted by molar-refractivity contribution is -0.142. The Hall–Kier alpha value is -1.79. The van der Waals surface area contributed by atoms with Crippen LogP contribution in [-0.2, 0) is 9.59 Å². The van der Waals surface area contributed by atoms with Crippen molar-refractivity contribution in [3.63, 3.8) is 0 Å². The number of carbonyl (C=O) groups is 3. The fourth-order valence-electron chi connectivity index (χ4n) is 3.15. The SMILES string of the molecule is CC(=O)NC1CCN(C(=O)N2C[C@@H](C)[C@H](C(=O)O)C2)CC1. The summed E-state index contributed by atoms with van der Waals surface area (Å²) in [5.41, 5.74) is 0. The van der Waals surface area contributed by atoms with Gasteiger partial charge >= 0.3 is 12.0 Å². The lowest BCUT2D eigenvalue weighted by Gasteiger charge is -2.34. The van der Waals surface area contributed by atoms with E-state index < -0.39 is 11.9 Å². The molecule has 0 aliphatic carbocycles. The molecule has 0 spiro atoms. The van der Waals surface area contributed by atoms with Gasteiger partial charge in [-0.2, -0.15) is 0 Å². The second-order valence-corrected chi connectivity index (χ2v) is 6.07. The number of aliphatic carboxylic acids is 1. The van der Waals surface area contributed by atoms with Crippen LogP contribution < -0.4 is 5.32 Å². The Kier molecular flexibility index (Phi) is 4.69. The van der Waals surface area contributed by atoms with E-state index in [2.05, 4.69) is 5.32 Å². The molecule has 0 saturated carbocycles. The molecule has 0 radical (unpaired) electrons. The highest BCUT2D eigenvalue weighted by Gasteiger charge is 2.38. The summed E-state index contributed by atoms with van der Waals surface area (Å²) in [7, 11) is 0. The van der Waals surface area contributed by atoms with Gasteiger partial charge in [0.05, 0.1) is 5.92 Å². The minimum Gasteiger partial charge on any atom is -0.481 e. The summed E-state index contributed by atoms with van der Waals surface area (Å²) in [6.07, 6.45) is 1.49. The van der Waals surface area contributed by atoms with Crippen LogP contribution in [0.1, 0.15) is 26.7 Å². The summed E-state index contributed by atoms with van der Waals surface area (Å²) in [5.74, 6) is -1.35. The molecule has 2 aliphatic heterocycles. The summed E-state index contributed by atoms with van der Waals surface area (Å²) in [5, 5.41) is 12.0. The van der Waals surface area contributed by atoms with Crippen LogP contribution in [0.3, 0.4) is 0 Å². The first-order valence-electron chi connectivity index (χ1n) is 7.42. The minimum atomic E-state index is -0.831. The van der Waals surface area contributed by atoms with Gasteiger partial charge in [0.25, 0.3) is 0 Å². The van der Waals surface area contributed by atoms with E-state index in [0.717, 1.165) is 12.8 Å². The average molecular weight is 297 g/mol. The Morgan fingerprint density at radius 1 is 1.10 bits per heavy atom. The van der Waals surface area contributed by atoms with Gasteiger partial charge in [-0.25, -0.2) is 4.79 Å². The van der Waals surface area contributed by atoms with E-state index in [4.69, 9.17) is 5.11 Å². The molecular weight excluding hydrogens is 274 g/mol. The van der Waals surface area contributed by atoms with E-state index in [1.807, 2.05) is 6.92 Å². The Labute approximate surface area is 124 Å². The number of nitrogens with one attached hydrogen (secondary N) is 1. The van der Waals surface area contributed by atoms with E-state index in [-0.39, 0.29) is 23.9 Å². The van der Waals surface area contributed by atoms with Crippen molar-refractivity contribution in [2.24, 2.45) is 11.8 Å². The quantitative estimate of drug-likeness (QED) is 0.770. The Morgan fingerprint density at radius 3 is 2.19 bits per heavy atom. The molecule has 2 heterocycles. The zero-order valence-corrected chi connectivity index (χ0v) is 12.5. The van der Waals surface area contributed by atoms with Gasteiger partial charge in [0.2, 0.25) is 5.91 Å². The molecule has 3 amide bonds. The molecular formula is C14H23N3O4. The first-order chi connectivity index (χ1) is 9.88. The van der Waals surface area contributed by atoms with Crippen molar-refractivity contribution in [2.45, 2.75) is 32.7 Å². The molecule has 21 heavy (non-hydrogen) atoms. The zero-order valence-electron chi connectivity index (χ0n) is 12.5. The predicted octanol–water partition coefficient (Wildman–Crippen LogP) is 0.359. The van der Waals surface area contributed by atoms with Crippen molar-refractivity contribution in [1.29, 1.82) is 0 Å². The van der Waals surface area contributed by atoms with Gasteiger partial charge in [0, 0.05) is 39.1 Å². The number of carboxylic acid groups (broad SMARTS) is 1. The van der Waals surface area contributed by atoms with Gasteiger partial charge in [0.15, 0.2) is 0 Å². The summed E-state index contributed by atoms with van der Waals surface area (Å²) >= 11 is 0. The number of piperidine rings is 1. The Morgan fingerprint density at radius 2 is 1.71 bits per heavy atom. The van der Waals surface area contributed by atoms with Crippen LogP contribution >= 0.6 is 0 Å². The standard InChI is InChI=1S/C14H23N3O4/c1-9-7-17(8-12(9)13(19)20)14(21)16-5-3-11(4-6-16)15-10(2)18/h9,11-12H,3-8H2,1-2H3,(H,15,18)(H,19,20)/t9-,12-/m1/s1. The summed E-state index contributed by atoms with van der Waals surface area (Å²) in [6.45, 7) is 5.37. The number of amides is 3. The Balaban J connectivity index is 1.85. The van der Waals surface area contributed by atoms with Crippen LogP contribution in [0.5, 0.6) is 0 Å². The molecule has 2 rings (SSSR count). The van der Waals surface area contributed by atoms with E-state index in [0.29, 0.717) is 26.2 Å². The molecule has 7 nitrogen and oxygen atoms in total. The number of likely N-dealkylation sites (tertiary alicyclic amines) is 2. The molecule has 2 saturated heterocycles. The number of carbonyl (C=O) groups excluding carboxylic acids is 2. The molecule has 2 atom stereocenters. The van der Waals surface area contributed by atoms with Gasteiger partial charge < -0.3 is 20.2 Å². The van der Waals surface area contributed by atoms with Crippen LogP contribution in [0.2, 0.25) is 0 Å². The van der Waals surface area contributed by atoms with Gasteiger partial charge in [-0.05, 0) is 18.8 Å². The summed E-state index contributed by atoms with van der Waals surface area (Å²) in [6, 6.07) is 0.0581. The third-order valence-corrected chi connectivity index (χ3v) is 4.37. The number of urea groups is 1. The van der Waals surface area contributed by atoms with Crippen molar-refractivity contribution in [1.82, 2.24) is 15.1 Å². The van der Waals surface area contributed by atoms with E-state index in [1.165, 1.54) is 6.92 Å². The van der Waals surface area contributed by atoms with Crippen LogP contribution in [0, 0.1) is 11.8 Å². The zero-order chi connectivity index (χ0) is 15.6. The highest BCUT2D eigenvalue weighted by atomic mass is 16.4. The van der Waals surface area contributed by atoms with Crippen LogP contribution in [-0.4, -0.2) is 65.0 Å². The van der Waals surface area contributed by atoms with Crippen molar-refractivity contribution in [2.75, 3.05) is 26.2 Å². The molecule has 2 N–H and O–H groups in total. The highest BCUT2D eigenvalue weighted by molar-refractivity contribution is 5.78. The first kappa shape index (κ1) is 15.6. The fourth-order valence-corrected chi connectivity index (χ4v) is 3.15. The second-order valence-electron chi connectivity index (χ2n) is 6.07. The van der Waals surface area contributed by atoms with Crippen LogP contribution in [0.4, 0.5) is 4.79 Å². The molecule has 2 fully saturated rings. The second kappa shape index (κ2) is 6.32. The average Bonchev–Trinajstić information content (AvgIpc) is 2.80. The van der Waals surface area contributed by atoms with Gasteiger partial charge in [0.1, 0.15) is 0 Å². The van der Waals surface area contributed by atoms with Crippen LogP contribution in [0.15, 0.2) is 0 Å². The normalized spacial score (nSPS) is 26.8. The maximum atomic E-state index is 12.4. The highest BCUT2D eigenvalue weighted by Crippen LogP contribution is 2.25. The number of carboxylic acids is 1. The first-order valence-corrected chi connectivity index (χ1v) is 7.42. The molecule has 0 aromatic rings. The molecule has 118 valence electrons. The minimum absolute atomic E-state index is 0.0108.